The van der Waals surface area contributed by atoms with Crippen LogP contribution in [0, 0.1) is 3.57 Å². The fourth-order valence-electron chi connectivity index (χ4n) is 0.974. The summed E-state index contributed by atoms with van der Waals surface area (Å²) in [7, 11) is 0. The second-order valence-electron chi connectivity index (χ2n) is 2.58. The van der Waals surface area contributed by atoms with Crippen LogP contribution in [-0.2, 0) is 0 Å². The lowest BCUT2D eigenvalue weighted by atomic mass is 10.1. The fraction of sp³-hybridized carbons (Fsp3) is 0.333. The Balaban J connectivity index is 2.68. The molecule has 1 atom stereocenters. The second-order valence-corrected chi connectivity index (χ2v) is 3.83. The van der Waals surface area contributed by atoms with Crippen LogP contribution in [0.3, 0.4) is 0 Å². The number of hydrogen-bond donors (Lipinski definition) is 2. The summed E-state index contributed by atoms with van der Waals surface area (Å²) in [6.45, 7) is 0.0210. The van der Waals surface area contributed by atoms with Gasteiger partial charge in [0.25, 0.3) is 0 Å². The maximum Gasteiger partial charge on any atom is 0.0811 e. The monoisotopic (exact) mass is 278 g/mol. The number of hydrogen-bond acceptors (Lipinski definition) is 2. The van der Waals surface area contributed by atoms with Crippen molar-refractivity contribution in [1.82, 2.24) is 0 Å². The third-order valence-electron chi connectivity index (χ3n) is 1.66. The van der Waals surface area contributed by atoms with Gasteiger partial charge in [0, 0.05) is 16.6 Å². The van der Waals surface area contributed by atoms with Crippen molar-refractivity contribution in [3.05, 3.63) is 33.4 Å². The summed E-state index contributed by atoms with van der Waals surface area (Å²) in [4.78, 5) is 0. The molecular weight excluding hydrogens is 267 g/mol. The minimum atomic E-state index is -0.535. The summed E-state index contributed by atoms with van der Waals surface area (Å²) in [6.07, 6.45) is -0.132. The zero-order valence-corrected chi connectivity index (χ0v) is 8.73. The predicted octanol–water partition coefficient (Wildman–Crippen LogP) is 1.71. The van der Waals surface area contributed by atoms with Crippen LogP contribution in [0.2, 0.25) is 0 Å². The van der Waals surface area contributed by atoms with Gasteiger partial charge < -0.3 is 10.2 Å². The van der Waals surface area contributed by atoms with Crippen molar-refractivity contribution in [2.75, 3.05) is 6.61 Å². The van der Waals surface area contributed by atoms with Crippen LogP contribution in [0.15, 0.2) is 24.3 Å². The maximum absolute atomic E-state index is 9.45. The number of halogens is 1. The van der Waals surface area contributed by atoms with Gasteiger partial charge in [-0.15, -0.1) is 0 Å². The van der Waals surface area contributed by atoms with Gasteiger partial charge in [-0.1, -0.05) is 12.1 Å². The molecular formula is C9H11IO2. The van der Waals surface area contributed by atoms with Gasteiger partial charge in [0.1, 0.15) is 0 Å². The first-order chi connectivity index (χ1) is 5.74. The standard InChI is InChI=1S/C9H11IO2/c10-8-3-1-7(2-4-8)9(12)5-6-11/h1-4,9,11-12H,5-6H2/t9-/m0/s1. The van der Waals surface area contributed by atoms with Crippen molar-refractivity contribution >= 4 is 22.6 Å². The first-order valence-corrected chi connectivity index (χ1v) is 4.86. The lowest BCUT2D eigenvalue weighted by Gasteiger charge is -2.08. The van der Waals surface area contributed by atoms with Crippen molar-refractivity contribution < 1.29 is 10.2 Å². The topological polar surface area (TPSA) is 40.5 Å². The molecule has 0 unspecified atom stereocenters. The van der Waals surface area contributed by atoms with E-state index in [1.54, 1.807) is 0 Å². The summed E-state index contributed by atoms with van der Waals surface area (Å²) in [5.41, 5.74) is 0.865. The molecule has 1 rings (SSSR count). The summed E-state index contributed by atoms with van der Waals surface area (Å²) in [5, 5.41) is 18.0. The molecule has 0 saturated carbocycles. The molecule has 0 saturated heterocycles. The quantitative estimate of drug-likeness (QED) is 0.826. The molecule has 0 fully saturated rings. The second kappa shape index (κ2) is 4.79. The molecule has 0 bridgehead atoms. The summed E-state index contributed by atoms with van der Waals surface area (Å²) in [5.74, 6) is 0. The van der Waals surface area contributed by atoms with Gasteiger partial charge in [-0.3, -0.25) is 0 Å². The third-order valence-corrected chi connectivity index (χ3v) is 2.38. The Hall–Kier alpha value is -0.130. The van der Waals surface area contributed by atoms with Gasteiger partial charge in [-0.05, 0) is 40.3 Å². The molecule has 2 N–H and O–H groups in total. The Kier molecular flexibility index (Phi) is 3.97. The molecule has 66 valence electrons. The van der Waals surface area contributed by atoms with Crippen molar-refractivity contribution in [3.63, 3.8) is 0 Å². The van der Waals surface area contributed by atoms with E-state index in [1.807, 2.05) is 24.3 Å². The minimum absolute atomic E-state index is 0.0210. The van der Waals surface area contributed by atoms with Crippen molar-refractivity contribution in [3.8, 4) is 0 Å². The first-order valence-electron chi connectivity index (χ1n) is 3.78. The van der Waals surface area contributed by atoms with Crippen LogP contribution in [0.4, 0.5) is 0 Å². The van der Waals surface area contributed by atoms with Crippen LogP contribution >= 0.6 is 22.6 Å². The normalized spacial score (nSPS) is 12.9. The molecule has 0 heterocycles. The van der Waals surface area contributed by atoms with E-state index in [1.165, 1.54) is 0 Å². The van der Waals surface area contributed by atoms with Gasteiger partial charge in [0.2, 0.25) is 0 Å². The van der Waals surface area contributed by atoms with Gasteiger partial charge in [0.15, 0.2) is 0 Å². The molecule has 0 aliphatic rings. The van der Waals surface area contributed by atoms with Gasteiger partial charge >= 0.3 is 0 Å². The molecule has 1 aromatic carbocycles. The Morgan fingerprint density at radius 2 is 1.83 bits per heavy atom. The minimum Gasteiger partial charge on any atom is -0.396 e. The van der Waals surface area contributed by atoms with E-state index in [0.717, 1.165) is 9.13 Å². The highest BCUT2D eigenvalue weighted by Gasteiger charge is 2.04. The molecule has 2 nitrogen and oxygen atoms in total. The summed E-state index contributed by atoms with van der Waals surface area (Å²) in [6, 6.07) is 7.64. The van der Waals surface area contributed by atoms with E-state index in [0.29, 0.717) is 6.42 Å². The lowest BCUT2D eigenvalue weighted by Crippen LogP contribution is -1.99. The largest absolute Gasteiger partial charge is 0.396 e. The van der Waals surface area contributed by atoms with Gasteiger partial charge in [0.05, 0.1) is 6.10 Å². The van der Waals surface area contributed by atoms with Gasteiger partial charge in [-0.2, -0.15) is 0 Å². The Morgan fingerprint density at radius 1 is 1.25 bits per heavy atom. The SMILES string of the molecule is OCC[C@H](O)c1ccc(I)cc1. The number of aliphatic hydroxyl groups excluding tert-OH is 2. The predicted molar refractivity (Wildman–Crippen MR) is 55.8 cm³/mol. The zero-order valence-electron chi connectivity index (χ0n) is 6.57. The highest BCUT2D eigenvalue weighted by Crippen LogP contribution is 2.17. The van der Waals surface area contributed by atoms with E-state index in [4.69, 9.17) is 5.11 Å². The highest BCUT2D eigenvalue weighted by molar-refractivity contribution is 14.1. The van der Waals surface area contributed by atoms with Crippen molar-refractivity contribution in [1.29, 1.82) is 0 Å². The molecule has 0 spiro atoms. The zero-order chi connectivity index (χ0) is 8.97. The van der Waals surface area contributed by atoms with Crippen LogP contribution < -0.4 is 0 Å². The average Bonchev–Trinajstić information content (AvgIpc) is 2.06. The molecule has 0 aliphatic heterocycles. The molecule has 0 aliphatic carbocycles. The first kappa shape index (κ1) is 9.95. The Bertz CT molecular complexity index is 233. The van der Waals surface area contributed by atoms with E-state index >= 15 is 0 Å². The molecule has 12 heavy (non-hydrogen) atoms. The molecule has 0 radical (unpaired) electrons. The van der Waals surface area contributed by atoms with E-state index in [2.05, 4.69) is 22.6 Å². The average molecular weight is 278 g/mol. The maximum atomic E-state index is 9.45. The lowest BCUT2D eigenvalue weighted by molar-refractivity contribution is 0.134. The van der Waals surface area contributed by atoms with Crippen LogP contribution in [0.5, 0.6) is 0 Å². The fourth-order valence-corrected chi connectivity index (χ4v) is 1.33. The van der Waals surface area contributed by atoms with Crippen molar-refractivity contribution in [2.24, 2.45) is 0 Å². The van der Waals surface area contributed by atoms with Crippen LogP contribution in [0.1, 0.15) is 18.1 Å². The highest BCUT2D eigenvalue weighted by atomic mass is 127. The van der Waals surface area contributed by atoms with Crippen LogP contribution in [0.25, 0.3) is 0 Å². The van der Waals surface area contributed by atoms with E-state index in [9.17, 15) is 5.11 Å². The van der Waals surface area contributed by atoms with E-state index < -0.39 is 6.10 Å². The molecule has 3 heteroatoms. The third kappa shape index (κ3) is 2.73. The molecule has 1 aromatic rings. The Morgan fingerprint density at radius 3 is 2.33 bits per heavy atom. The smallest absolute Gasteiger partial charge is 0.0811 e. The number of aliphatic hydroxyl groups is 2. The van der Waals surface area contributed by atoms with Gasteiger partial charge in [-0.25, -0.2) is 0 Å². The summed E-state index contributed by atoms with van der Waals surface area (Å²) >= 11 is 2.21. The number of rotatable bonds is 3. The van der Waals surface area contributed by atoms with Crippen molar-refractivity contribution in [2.45, 2.75) is 12.5 Å². The van der Waals surface area contributed by atoms with Crippen LogP contribution in [-0.4, -0.2) is 16.8 Å². The van der Waals surface area contributed by atoms with E-state index in [-0.39, 0.29) is 6.61 Å². The number of benzene rings is 1. The molecule has 0 amide bonds. The Labute approximate surface area is 85.4 Å². The summed E-state index contributed by atoms with van der Waals surface area (Å²) < 4.78 is 1.15. The molecule has 0 aromatic heterocycles.